The number of rotatable bonds is 5. The summed E-state index contributed by atoms with van der Waals surface area (Å²) < 4.78 is 0. The molecule has 1 aliphatic rings. The van der Waals surface area contributed by atoms with Gasteiger partial charge in [-0.3, -0.25) is 9.80 Å². The van der Waals surface area contributed by atoms with E-state index in [1.165, 1.54) is 0 Å². The van der Waals surface area contributed by atoms with Crippen molar-refractivity contribution in [2.75, 3.05) is 18.4 Å². The van der Waals surface area contributed by atoms with Crippen LogP contribution in [0.15, 0.2) is 53.6 Å². The Morgan fingerprint density at radius 3 is 2.22 bits per heavy atom. The smallest absolute Gasteiger partial charge is 0.245 e. The topological polar surface area (TPSA) is 44.7 Å². The van der Waals surface area contributed by atoms with Crippen LogP contribution in [0.2, 0.25) is 10.0 Å². The maximum atomic E-state index is 12.4. The van der Waals surface area contributed by atoms with Gasteiger partial charge in [-0.2, -0.15) is 5.10 Å². The lowest BCUT2D eigenvalue weighted by Gasteiger charge is -2.30. The zero-order chi connectivity index (χ0) is 19.6. The highest BCUT2D eigenvalue weighted by Gasteiger charge is 2.42. The summed E-state index contributed by atoms with van der Waals surface area (Å²) in [4.78, 5) is 12.4. The highest BCUT2D eigenvalue weighted by atomic mass is 35.5. The molecule has 0 saturated heterocycles. The van der Waals surface area contributed by atoms with Crippen molar-refractivity contribution in [3.05, 3.63) is 64.1 Å². The van der Waals surface area contributed by atoms with Gasteiger partial charge >= 0.3 is 0 Å². The van der Waals surface area contributed by atoms with E-state index in [0.717, 1.165) is 17.0 Å². The molecule has 1 amide bonds. The number of halogens is 2. The van der Waals surface area contributed by atoms with E-state index in [9.17, 15) is 4.79 Å². The van der Waals surface area contributed by atoms with E-state index in [1.54, 1.807) is 24.3 Å². The Bertz CT molecular complexity index is 847. The first-order chi connectivity index (χ1) is 12.8. The van der Waals surface area contributed by atoms with Crippen LogP contribution in [-0.2, 0) is 4.79 Å². The quantitative estimate of drug-likeness (QED) is 0.734. The number of anilines is 1. The average molecular weight is 404 g/mol. The number of carbonyl (C=O) groups is 1. The minimum atomic E-state index is -0.144. The molecule has 0 fully saturated rings. The molecule has 0 radical (unpaired) electrons. The Morgan fingerprint density at radius 2 is 1.67 bits per heavy atom. The summed E-state index contributed by atoms with van der Waals surface area (Å²) in [7, 11) is 0. The number of hydrazone groups is 1. The molecule has 1 aliphatic heterocycles. The van der Waals surface area contributed by atoms with Gasteiger partial charge in [-0.05, 0) is 47.9 Å². The Kier molecular flexibility index (Phi) is 5.78. The predicted octanol–water partition coefficient (Wildman–Crippen LogP) is 5.31. The van der Waals surface area contributed by atoms with Crippen molar-refractivity contribution in [3.63, 3.8) is 0 Å². The molecule has 1 N–H and O–H groups in total. The Morgan fingerprint density at radius 1 is 1.11 bits per heavy atom. The maximum Gasteiger partial charge on any atom is 0.245 e. The minimum absolute atomic E-state index is 0.107. The van der Waals surface area contributed by atoms with Crippen LogP contribution in [0.3, 0.4) is 0 Å². The maximum absolute atomic E-state index is 12.4. The van der Waals surface area contributed by atoms with Crippen LogP contribution in [0, 0.1) is 11.3 Å². The number of carbonyl (C=O) groups excluding carboxylic acids is 1. The first-order valence-corrected chi connectivity index (χ1v) is 9.69. The van der Waals surface area contributed by atoms with Crippen LogP contribution in [0.1, 0.15) is 26.3 Å². The molecule has 1 heterocycles. The van der Waals surface area contributed by atoms with Crippen LogP contribution in [-0.4, -0.2) is 29.7 Å². The van der Waals surface area contributed by atoms with Crippen molar-refractivity contribution < 1.29 is 4.79 Å². The molecule has 6 heteroatoms. The first-order valence-electron chi connectivity index (χ1n) is 8.93. The zero-order valence-corrected chi connectivity index (χ0v) is 17.2. The molecule has 0 bridgehead atoms. The standard InChI is InChI=1S/C21H23Cl2N3O/c1-14(2)21(3)13-26(25-20(21)15-4-6-16(22)7-5-15)12-19(27)24-18-10-8-17(23)9-11-18/h4-11,14H,12-13H2,1-3H3,(H,24,27). The second-order valence-corrected chi connectivity index (χ2v) is 8.28. The molecule has 2 aromatic rings. The summed E-state index contributed by atoms with van der Waals surface area (Å²) in [6.45, 7) is 7.45. The molecule has 0 aromatic heterocycles. The van der Waals surface area contributed by atoms with Crippen LogP contribution in [0.25, 0.3) is 0 Å². The highest BCUT2D eigenvalue weighted by Crippen LogP contribution is 2.37. The third-order valence-electron chi connectivity index (χ3n) is 5.14. The summed E-state index contributed by atoms with van der Waals surface area (Å²) >= 11 is 11.9. The van der Waals surface area contributed by atoms with Gasteiger partial charge in [0.2, 0.25) is 5.91 Å². The van der Waals surface area contributed by atoms with E-state index in [4.69, 9.17) is 28.3 Å². The number of nitrogens with one attached hydrogen (secondary N) is 1. The van der Waals surface area contributed by atoms with Gasteiger partial charge in [-0.25, -0.2) is 0 Å². The second kappa shape index (κ2) is 7.91. The lowest BCUT2D eigenvalue weighted by molar-refractivity contribution is -0.117. The lowest BCUT2D eigenvalue weighted by atomic mass is 9.73. The summed E-state index contributed by atoms with van der Waals surface area (Å²) in [5, 5.41) is 10.8. The van der Waals surface area contributed by atoms with Gasteiger partial charge in [-0.1, -0.05) is 56.1 Å². The highest BCUT2D eigenvalue weighted by molar-refractivity contribution is 6.31. The van der Waals surface area contributed by atoms with E-state index in [2.05, 4.69) is 26.1 Å². The minimum Gasteiger partial charge on any atom is -0.324 e. The van der Waals surface area contributed by atoms with Crippen LogP contribution in [0.5, 0.6) is 0 Å². The van der Waals surface area contributed by atoms with E-state index in [-0.39, 0.29) is 17.9 Å². The molecule has 0 aliphatic carbocycles. The number of nitrogens with zero attached hydrogens (tertiary/aromatic N) is 2. The summed E-state index contributed by atoms with van der Waals surface area (Å²) in [6.07, 6.45) is 0. The van der Waals surface area contributed by atoms with Crippen LogP contribution < -0.4 is 5.32 Å². The van der Waals surface area contributed by atoms with Gasteiger partial charge in [0.1, 0.15) is 6.54 Å². The van der Waals surface area contributed by atoms with Gasteiger partial charge in [0.25, 0.3) is 0 Å². The molecule has 0 saturated carbocycles. The molecule has 1 unspecified atom stereocenters. The van der Waals surface area contributed by atoms with Gasteiger partial charge in [0.05, 0.1) is 5.71 Å². The van der Waals surface area contributed by atoms with Crippen molar-refractivity contribution >= 4 is 40.5 Å². The van der Waals surface area contributed by atoms with Crippen LogP contribution >= 0.6 is 23.2 Å². The monoisotopic (exact) mass is 403 g/mol. The van der Waals surface area contributed by atoms with Crippen molar-refractivity contribution in [2.24, 2.45) is 16.4 Å². The SMILES string of the molecule is CC(C)C1(C)CN(CC(=O)Nc2ccc(Cl)cc2)N=C1c1ccc(Cl)cc1. The molecular formula is C21H23Cl2N3O. The van der Waals surface area contributed by atoms with Gasteiger partial charge < -0.3 is 5.32 Å². The number of benzene rings is 2. The average Bonchev–Trinajstić information content (AvgIpc) is 2.95. The van der Waals surface area contributed by atoms with Gasteiger partial charge in [-0.15, -0.1) is 0 Å². The Balaban J connectivity index is 1.77. The third-order valence-corrected chi connectivity index (χ3v) is 5.64. The summed E-state index contributed by atoms with van der Waals surface area (Å²) in [5.74, 6) is 0.265. The Hall–Kier alpha value is -2.04. The van der Waals surface area contributed by atoms with Crippen LogP contribution in [0.4, 0.5) is 5.69 Å². The lowest BCUT2D eigenvalue weighted by Crippen LogP contribution is -2.38. The molecule has 3 rings (SSSR count). The Labute approximate surface area is 170 Å². The van der Waals surface area contributed by atoms with Crippen molar-refractivity contribution in [3.8, 4) is 0 Å². The predicted molar refractivity (Wildman–Crippen MR) is 113 cm³/mol. The van der Waals surface area contributed by atoms with E-state index in [1.807, 2.05) is 29.3 Å². The van der Waals surface area contributed by atoms with Crippen molar-refractivity contribution in [2.45, 2.75) is 20.8 Å². The van der Waals surface area contributed by atoms with E-state index >= 15 is 0 Å². The molecule has 142 valence electrons. The fraction of sp³-hybridized carbons (Fsp3) is 0.333. The summed E-state index contributed by atoms with van der Waals surface area (Å²) in [5.41, 5.74) is 2.61. The largest absolute Gasteiger partial charge is 0.324 e. The molecule has 4 nitrogen and oxygen atoms in total. The fourth-order valence-electron chi connectivity index (χ4n) is 3.19. The fourth-order valence-corrected chi connectivity index (χ4v) is 3.44. The third kappa shape index (κ3) is 4.45. The molecule has 1 atom stereocenters. The molecule has 2 aromatic carbocycles. The molecule has 27 heavy (non-hydrogen) atoms. The van der Waals surface area contributed by atoms with E-state index in [0.29, 0.717) is 22.5 Å². The normalized spacial score (nSPS) is 19.3. The van der Waals surface area contributed by atoms with Gasteiger partial charge in [0.15, 0.2) is 0 Å². The number of hydrogen-bond donors (Lipinski definition) is 1. The number of hydrogen-bond acceptors (Lipinski definition) is 3. The van der Waals surface area contributed by atoms with Crippen molar-refractivity contribution in [1.82, 2.24) is 5.01 Å². The summed E-state index contributed by atoms with van der Waals surface area (Å²) in [6, 6.07) is 14.8. The molecule has 0 spiro atoms. The zero-order valence-electron chi connectivity index (χ0n) is 15.7. The van der Waals surface area contributed by atoms with E-state index < -0.39 is 0 Å². The number of amides is 1. The van der Waals surface area contributed by atoms with Gasteiger partial charge in [0, 0.05) is 27.7 Å². The second-order valence-electron chi connectivity index (χ2n) is 7.41. The van der Waals surface area contributed by atoms with Crippen molar-refractivity contribution in [1.29, 1.82) is 0 Å². The first kappa shape index (κ1) is 19.7. The molecular weight excluding hydrogens is 381 g/mol.